The van der Waals surface area contributed by atoms with E-state index in [1.165, 1.54) is 16.7 Å². The van der Waals surface area contributed by atoms with Crippen LogP contribution < -0.4 is 10.6 Å². The molecule has 1 aliphatic carbocycles. The van der Waals surface area contributed by atoms with E-state index in [-0.39, 0.29) is 11.2 Å². The number of benzene rings is 3. The summed E-state index contributed by atoms with van der Waals surface area (Å²) < 4.78 is 0. The van der Waals surface area contributed by atoms with Crippen molar-refractivity contribution in [2.75, 3.05) is 17.7 Å². The molecule has 0 saturated heterocycles. The Bertz CT molecular complexity index is 1150. The first-order chi connectivity index (χ1) is 13.7. The number of hydrogen-bond acceptors (Lipinski definition) is 3. The topological polar surface area (TPSA) is 46.3 Å². The van der Waals surface area contributed by atoms with E-state index in [2.05, 4.69) is 44.0 Å². The second-order valence-corrected chi connectivity index (χ2v) is 8.28. The molecule has 3 aromatic carbocycles. The third kappa shape index (κ3) is 3.09. The van der Waals surface area contributed by atoms with Gasteiger partial charge < -0.3 is 5.73 Å². The minimum absolute atomic E-state index is 0.108. The van der Waals surface area contributed by atoms with Gasteiger partial charge in [0.1, 0.15) is 0 Å². The van der Waals surface area contributed by atoms with Gasteiger partial charge in [-0.2, -0.15) is 0 Å². The number of nitrogens with two attached hydrogens (primary N) is 1. The summed E-state index contributed by atoms with van der Waals surface area (Å²) in [6.07, 6.45) is 0. The number of anilines is 3. The zero-order valence-electron chi connectivity index (χ0n) is 17.3. The van der Waals surface area contributed by atoms with Crippen molar-refractivity contribution in [3.05, 3.63) is 77.4 Å². The predicted octanol–water partition coefficient (Wildman–Crippen LogP) is 4.89. The summed E-state index contributed by atoms with van der Waals surface area (Å²) in [6, 6.07) is 20.3. The molecule has 0 atom stereocenters. The fourth-order valence-corrected chi connectivity index (χ4v) is 4.15. The van der Waals surface area contributed by atoms with Gasteiger partial charge in [0, 0.05) is 5.69 Å². The van der Waals surface area contributed by atoms with Crippen LogP contribution in [0.2, 0.25) is 0 Å². The molecule has 143 valence electrons. The van der Waals surface area contributed by atoms with Crippen LogP contribution >= 0.6 is 0 Å². The molecular formula is C25H24BN2O. The van der Waals surface area contributed by atoms with Gasteiger partial charge in [-0.05, 0) is 12.1 Å². The number of fused-ring (bicyclic) bond motifs is 3. The quantitative estimate of drug-likeness (QED) is 0.399. The van der Waals surface area contributed by atoms with Gasteiger partial charge in [0.15, 0.2) is 0 Å². The number of ketones is 1. The van der Waals surface area contributed by atoms with Crippen molar-refractivity contribution in [3.63, 3.8) is 0 Å². The Morgan fingerprint density at radius 1 is 0.897 bits per heavy atom. The Labute approximate surface area is 173 Å². The van der Waals surface area contributed by atoms with E-state index in [4.69, 9.17) is 13.2 Å². The first-order valence-electron chi connectivity index (χ1n) is 9.72. The van der Waals surface area contributed by atoms with Gasteiger partial charge in [-0.3, -0.25) is 0 Å². The first-order valence-corrected chi connectivity index (χ1v) is 9.72. The van der Waals surface area contributed by atoms with E-state index in [0.29, 0.717) is 11.0 Å². The Morgan fingerprint density at radius 3 is 2.07 bits per heavy atom. The number of carbonyl (C=O) groups excluding carboxylic acids is 1. The molecule has 1 radical (unpaired) electrons. The number of nitrogens with zero attached hydrogens (tertiary/aromatic N) is 1. The van der Waals surface area contributed by atoms with Crippen LogP contribution in [-0.2, 0) is 5.41 Å². The monoisotopic (exact) mass is 379 g/mol. The molecule has 4 heteroatoms. The number of hydrogen-bond donors (Lipinski definition) is 1. The Morgan fingerprint density at radius 2 is 1.45 bits per heavy atom. The summed E-state index contributed by atoms with van der Waals surface area (Å²) in [5.74, 6) is -0.108. The van der Waals surface area contributed by atoms with Crippen LogP contribution in [0.3, 0.4) is 0 Å². The number of Topliss-reactive ketones (excluding diaryl/α,β-unsaturated/α-hetero) is 1. The van der Waals surface area contributed by atoms with Crippen molar-refractivity contribution >= 4 is 35.8 Å². The van der Waals surface area contributed by atoms with E-state index >= 15 is 0 Å². The maximum atomic E-state index is 12.4. The van der Waals surface area contributed by atoms with Crippen molar-refractivity contribution in [1.29, 1.82) is 0 Å². The van der Waals surface area contributed by atoms with Crippen LogP contribution in [0.5, 0.6) is 0 Å². The fourth-order valence-electron chi connectivity index (χ4n) is 4.15. The van der Waals surface area contributed by atoms with Crippen LogP contribution in [0.4, 0.5) is 17.1 Å². The van der Waals surface area contributed by atoms with Crippen LogP contribution in [0, 0.1) is 0 Å². The normalized spacial score (nSPS) is 13.5. The van der Waals surface area contributed by atoms with Crippen LogP contribution in [0.25, 0.3) is 11.1 Å². The molecule has 2 N–H and O–H groups in total. The van der Waals surface area contributed by atoms with Gasteiger partial charge >= 0.3 is 149 Å². The summed E-state index contributed by atoms with van der Waals surface area (Å²) in [4.78, 5) is 14.5. The van der Waals surface area contributed by atoms with Crippen LogP contribution in [0.15, 0.2) is 60.7 Å². The van der Waals surface area contributed by atoms with Crippen molar-refractivity contribution in [2.24, 2.45) is 0 Å². The Balaban J connectivity index is 1.77. The minimum atomic E-state index is -0.207. The van der Waals surface area contributed by atoms with E-state index < -0.39 is 0 Å². The molecule has 0 amide bonds. The van der Waals surface area contributed by atoms with Crippen molar-refractivity contribution in [1.82, 2.24) is 0 Å². The molecule has 3 nitrogen and oxygen atoms in total. The van der Waals surface area contributed by atoms with Gasteiger partial charge in [0.05, 0.1) is 0 Å². The maximum absolute atomic E-state index is 12.4. The summed E-state index contributed by atoms with van der Waals surface area (Å²) in [7, 11) is 7.79. The molecular weight excluding hydrogens is 355 g/mol. The van der Waals surface area contributed by atoms with Crippen molar-refractivity contribution < 1.29 is 4.79 Å². The zero-order valence-corrected chi connectivity index (χ0v) is 17.3. The van der Waals surface area contributed by atoms with Crippen LogP contribution in [0.1, 0.15) is 42.3 Å². The molecule has 0 saturated carbocycles. The molecule has 4 rings (SSSR count). The number of nitrogen functional groups attached to an aromatic ring is 1. The van der Waals surface area contributed by atoms with Gasteiger partial charge in [-0.1, -0.05) is 0 Å². The zero-order chi connectivity index (χ0) is 20.9. The molecule has 0 bridgehead atoms. The van der Waals surface area contributed by atoms with Crippen LogP contribution in [-0.4, -0.2) is 25.8 Å². The van der Waals surface area contributed by atoms with E-state index in [1.54, 1.807) is 6.92 Å². The third-order valence-electron chi connectivity index (χ3n) is 5.95. The SMILES string of the molecule is [B]=C(C)C(=O)c1ccc2c(c1)C(C)(C)c1cc(N(C)c3ccc(N)cc3)ccc1-2. The van der Waals surface area contributed by atoms with Crippen molar-refractivity contribution in [3.8, 4) is 11.1 Å². The summed E-state index contributed by atoms with van der Waals surface area (Å²) in [5, 5.41) is 0. The van der Waals surface area contributed by atoms with Gasteiger partial charge in [-0.25, -0.2) is 0 Å². The molecule has 0 spiro atoms. The third-order valence-corrected chi connectivity index (χ3v) is 5.95. The first kappa shape index (κ1) is 19.2. The van der Waals surface area contributed by atoms with E-state index in [1.807, 2.05) is 42.5 Å². The summed E-state index contributed by atoms with van der Waals surface area (Å²) >= 11 is 0. The molecule has 0 aliphatic heterocycles. The van der Waals surface area contributed by atoms with E-state index in [9.17, 15) is 4.79 Å². The fraction of sp³-hybridized carbons (Fsp3) is 0.200. The average Bonchev–Trinajstić information content (AvgIpc) is 2.94. The number of carbonyl (C=O) groups is 1. The molecule has 29 heavy (non-hydrogen) atoms. The second kappa shape index (κ2) is 6.73. The van der Waals surface area contributed by atoms with Gasteiger partial charge in [0.25, 0.3) is 0 Å². The van der Waals surface area contributed by atoms with Gasteiger partial charge in [0.2, 0.25) is 0 Å². The summed E-state index contributed by atoms with van der Waals surface area (Å²) in [6.45, 7) is 6.06. The molecule has 3 aromatic rings. The van der Waals surface area contributed by atoms with Crippen molar-refractivity contribution in [2.45, 2.75) is 26.2 Å². The Kier molecular flexibility index (Phi) is 4.46. The molecule has 0 unspecified atom stereocenters. The second-order valence-electron chi connectivity index (χ2n) is 8.28. The Hall–Kier alpha value is -3.14. The standard InChI is InChI=1S/C25H24BN2O/c1-15(26)24(29)16-5-11-20-21-12-10-19(14-23(21)25(2,3)22(20)13-16)28(4)18-8-6-17(27)7-9-18/h5-14H,27H2,1-4H3. The number of rotatable bonds is 4. The average molecular weight is 379 g/mol. The molecule has 0 fully saturated rings. The molecule has 0 aromatic heterocycles. The van der Waals surface area contributed by atoms with E-state index in [0.717, 1.165) is 22.6 Å². The predicted molar refractivity (Wildman–Crippen MR) is 124 cm³/mol. The van der Waals surface area contributed by atoms with Gasteiger partial charge in [-0.15, -0.1) is 0 Å². The molecule has 0 heterocycles. The molecule has 1 aliphatic rings. The summed E-state index contributed by atoms with van der Waals surface area (Å²) in [5.41, 5.74) is 14.3.